The van der Waals surface area contributed by atoms with Gasteiger partial charge in [0.2, 0.25) is 0 Å². The molecule has 0 fully saturated rings. The third-order valence-corrected chi connectivity index (χ3v) is 2.99. The first-order chi connectivity index (χ1) is 7.67. The van der Waals surface area contributed by atoms with E-state index in [1.54, 1.807) is 11.8 Å². The minimum atomic E-state index is -0.964. The van der Waals surface area contributed by atoms with Crippen LogP contribution in [0.5, 0.6) is 0 Å². The first kappa shape index (κ1) is 13.1. The van der Waals surface area contributed by atoms with E-state index >= 15 is 0 Å². The molecule has 0 bridgehead atoms. The second kappa shape index (κ2) is 6.55. The minimum absolute atomic E-state index is 0.241. The molecule has 0 saturated carbocycles. The summed E-state index contributed by atoms with van der Waals surface area (Å²) in [7, 11) is 0. The van der Waals surface area contributed by atoms with Crippen molar-refractivity contribution < 1.29 is 9.90 Å². The van der Waals surface area contributed by atoms with Crippen LogP contribution >= 0.6 is 11.8 Å². The van der Waals surface area contributed by atoms with Gasteiger partial charge in [0.1, 0.15) is 6.10 Å². The van der Waals surface area contributed by atoms with Gasteiger partial charge in [-0.15, -0.1) is 0 Å². The number of thioether (sulfide) groups is 1. The van der Waals surface area contributed by atoms with E-state index < -0.39 is 6.10 Å². The lowest BCUT2D eigenvalue weighted by Crippen LogP contribution is -2.36. The number of carbonyl (C=O) groups excluding carboxylic acids is 1. The molecule has 1 rings (SSSR count). The van der Waals surface area contributed by atoms with E-state index in [1.807, 2.05) is 37.4 Å². The van der Waals surface area contributed by atoms with E-state index in [1.165, 1.54) is 5.56 Å². The number of anilines is 1. The van der Waals surface area contributed by atoms with Gasteiger partial charge in [-0.25, -0.2) is 0 Å². The van der Waals surface area contributed by atoms with E-state index in [0.29, 0.717) is 12.0 Å². The molecule has 4 heteroatoms. The van der Waals surface area contributed by atoms with Crippen molar-refractivity contribution in [3.05, 3.63) is 29.8 Å². The molecule has 1 aromatic carbocycles. The molecule has 88 valence electrons. The molecule has 1 unspecified atom stereocenters. The third kappa shape index (κ3) is 3.87. The molecule has 1 aromatic rings. The fraction of sp³-hybridized carbons (Fsp3) is 0.417. The highest BCUT2D eigenvalue weighted by molar-refractivity contribution is 7.98. The van der Waals surface area contributed by atoms with E-state index in [0.717, 1.165) is 5.69 Å². The zero-order valence-electron chi connectivity index (χ0n) is 9.51. The van der Waals surface area contributed by atoms with Crippen molar-refractivity contribution in [2.24, 2.45) is 0 Å². The van der Waals surface area contributed by atoms with Gasteiger partial charge in [-0.3, -0.25) is 0 Å². The zero-order valence-corrected chi connectivity index (χ0v) is 10.3. The molecule has 0 aliphatic carbocycles. The van der Waals surface area contributed by atoms with Gasteiger partial charge in [0.05, 0.1) is 6.04 Å². The lowest BCUT2D eigenvalue weighted by atomic mass is 10.1. The van der Waals surface area contributed by atoms with Gasteiger partial charge in [-0.1, -0.05) is 17.7 Å². The van der Waals surface area contributed by atoms with Crippen LogP contribution in [0, 0.1) is 6.92 Å². The second-order valence-corrected chi connectivity index (χ2v) is 4.61. The molecule has 0 aliphatic heterocycles. The second-order valence-electron chi connectivity index (χ2n) is 3.70. The highest BCUT2D eigenvalue weighted by Crippen LogP contribution is 2.13. The predicted octanol–water partition coefficient (Wildman–Crippen LogP) is 1.70. The van der Waals surface area contributed by atoms with Crippen molar-refractivity contribution in [2.75, 3.05) is 17.3 Å². The maximum Gasteiger partial charge on any atom is 0.150 e. The van der Waals surface area contributed by atoms with Gasteiger partial charge in [0, 0.05) is 11.4 Å². The van der Waals surface area contributed by atoms with Crippen LogP contribution in [0.3, 0.4) is 0 Å². The minimum Gasteiger partial charge on any atom is -0.383 e. The van der Waals surface area contributed by atoms with Crippen LogP contribution in [0.4, 0.5) is 5.69 Å². The number of nitrogens with one attached hydrogen (secondary N) is 1. The summed E-state index contributed by atoms with van der Waals surface area (Å²) in [6.07, 6.45) is 1.55. The van der Waals surface area contributed by atoms with Crippen LogP contribution in [-0.2, 0) is 4.79 Å². The summed E-state index contributed by atoms with van der Waals surface area (Å²) in [6.45, 7) is 2.02. The maximum absolute atomic E-state index is 10.6. The van der Waals surface area contributed by atoms with Crippen molar-refractivity contribution in [1.82, 2.24) is 0 Å². The summed E-state index contributed by atoms with van der Waals surface area (Å²) in [4.78, 5) is 10.6. The molecule has 0 heterocycles. The summed E-state index contributed by atoms with van der Waals surface area (Å²) in [5.74, 6) is 0.688. The van der Waals surface area contributed by atoms with Crippen LogP contribution in [0.2, 0.25) is 0 Å². The van der Waals surface area contributed by atoms with Gasteiger partial charge >= 0.3 is 0 Å². The van der Waals surface area contributed by atoms with E-state index in [-0.39, 0.29) is 6.04 Å². The average Bonchev–Trinajstić information content (AvgIpc) is 2.30. The number of hydrogen-bond donors (Lipinski definition) is 2. The SMILES string of the molecule is CSC[C@H](Nc1ccc(C)cc1)C(O)C=O. The first-order valence-electron chi connectivity index (χ1n) is 5.13. The topological polar surface area (TPSA) is 49.3 Å². The summed E-state index contributed by atoms with van der Waals surface area (Å²) in [5.41, 5.74) is 2.11. The molecule has 16 heavy (non-hydrogen) atoms. The first-order valence-corrected chi connectivity index (χ1v) is 6.52. The fourth-order valence-corrected chi connectivity index (χ4v) is 2.00. The molecule has 3 nitrogen and oxygen atoms in total. The van der Waals surface area contributed by atoms with Crippen molar-refractivity contribution in [3.63, 3.8) is 0 Å². The van der Waals surface area contributed by atoms with Crippen LogP contribution < -0.4 is 5.32 Å². The Labute approximate surface area is 100 Å². The molecule has 0 saturated heterocycles. The predicted molar refractivity (Wildman–Crippen MR) is 69.0 cm³/mol. The number of rotatable bonds is 6. The number of aldehydes is 1. The van der Waals surface area contributed by atoms with Gasteiger partial charge in [-0.2, -0.15) is 11.8 Å². The molecule has 2 N–H and O–H groups in total. The Morgan fingerprint density at radius 1 is 1.44 bits per heavy atom. The largest absolute Gasteiger partial charge is 0.383 e. The summed E-state index contributed by atoms with van der Waals surface area (Å²) < 4.78 is 0. The molecular formula is C12H17NO2S. The standard InChI is InChI=1S/C12H17NO2S/c1-9-3-5-10(6-4-9)13-11(8-16-2)12(15)7-14/h3-7,11-13,15H,8H2,1-2H3/t11-,12?/m0/s1. The Morgan fingerprint density at radius 3 is 2.56 bits per heavy atom. The Kier molecular flexibility index (Phi) is 5.35. The van der Waals surface area contributed by atoms with E-state index in [9.17, 15) is 9.90 Å². The van der Waals surface area contributed by atoms with Crippen LogP contribution in [0.15, 0.2) is 24.3 Å². The lowest BCUT2D eigenvalue weighted by molar-refractivity contribution is -0.115. The number of benzene rings is 1. The molecule has 0 aromatic heterocycles. The quantitative estimate of drug-likeness (QED) is 0.742. The lowest BCUT2D eigenvalue weighted by Gasteiger charge is -2.20. The molecule has 0 aliphatic rings. The molecule has 0 amide bonds. The number of hydrogen-bond acceptors (Lipinski definition) is 4. The van der Waals surface area contributed by atoms with Crippen molar-refractivity contribution >= 4 is 23.7 Å². The molecular weight excluding hydrogens is 222 g/mol. The van der Waals surface area contributed by atoms with Crippen LogP contribution in [0.25, 0.3) is 0 Å². The Hall–Kier alpha value is -1.00. The van der Waals surface area contributed by atoms with Crippen LogP contribution in [-0.4, -0.2) is 35.5 Å². The zero-order chi connectivity index (χ0) is 12.0. The number of aliphatic hydroxyl groups is 1. The Bertz CT molecular complexity index is 326. The Balaban J connectivity index is 2.67. The summed E-state index contributed by atoms with van der Waals surface area (Å²) in [6, 6.07) is 7.63. The monoisotopic (exact) mass is 239 g/mol. The summed E-state index contributed by atoms with van der Waals surface area (Å²) in [5, 5.41) is 12.7. The van der Waals surface area contributed by atoms with E-state index in [4.69, 9.17) is 0 Å². The summed E-state index contributed by atoms with van der Waals surface area (Å²) >= 11 is 1.59. The maximum atomic E-state index is 10.6. The van der Waals surface area contributed by atoms with Crippen LogP contribution in [0.1, 0.15) is 5.56 Å². The smallest absolute Gasteiger partial charge is 0.150 e. The number of aryl methyl sites for hydroxylation is 1. The number of aliphatic hydroxyl groups excluding tert-OH is 1. The normalized spacial score (nSPS) is 14.2. The van der Waals surface area contributed by atoms with Crippen molar-refractivity contribution in [2.45, 2.75) is 19.1 Å². The van der Waals surface area contributed by atoms with Gasteiger partial charge in [0.15, 0.2) is 6.29 Å². The number of carbonyl (C=O) groups is 1. The average molecular weight is 239 g/mol. The highest BCUT2D eigenvalue weighted by atomic mass is 32.2. The van der Waals surface area contributed by atoms with E-state index in [2.05, 4.69) is 5.32 Å². The Morgan fingerprint density at radius 2 is 2.06 bits per heavy atom. The highest BCUT2D eigenvalue weighted by Gasteiger charge is 2.17. The third-order valence-electron chi connectivity index (χ3n) is 2.30. The van der Waals surface area contributed by atoms with Gasteiger partial charge in [0.25, 0.3) is 0 Å². The molecule has 2 atom stereocenters. The molecule has 0 spiro atoms. The van der Waals surface area contributed by atoms with Gasteiger partial charge in [-0.05, 0) is 25.3 Å². The van der Waals surface area contributed by atoms with Gasteiger partial charge < -0.3 is 15.2 Å². The fourth-order valence-electron chi connectivity index (χ4n) is 1.36. The van der Waals surface area contributed by atoms with Crippen molar-refractivity contribution in [3.8, 4) is 0 Å². The van der Waals surface area contributed by atoms with Crippen molar-refractivity contribution in [1.29, 1.82) is 0 Å². The molecule has 0 radical (unpaired) electrons.